The maximum Gasteiger partial charge on any atom is 0.235 e. The fourth-order valence-corrected chi connectivity index (χ4v) is 2.30. The zero-order valence-electron chi connectivity index (χ0n) is 10.1. The summed E-state index contributed by atoms with van der Waals surface area (Å²) in [5, 5.41) is 2.61. The highest BCUT2D eigenvalue weighted by atomic mass is 79.9. The summed E-state index contributed by atoms with van der Waals surface area (Å²) in [6, 6.07) is 6.93. The lowest BCUT2D eigenvalue weighted by molar-refractivity contribution is -0.113. The van der Waals surface area contributed by atoms with Gasteiger partial charge in [-0.15, -0.1) is 11.8 Å². The Labute approximate surface area is 126 Å². The summed E-state index contributed by atoms with van der Waals surface area (Å²) in [5.41, 5.74) is 0. The molecule has 0 aliphatic rings. The number of amides is 1. The molecule has 104 valence electrons. The molecule has 0 saturated carbocycles. The maximum atomic E-state index is 13.0. The zero-order valence-corrected chi connectivity index (χ0v) is 12.5. The van der Waals surface area contributed by atoms with E-state index in [-0.39, 0.29) is 11.7 Å². The van der Waals surface area contributed by atoms with Crippen LogP contribution in [0.5, 0.6) is 0 Å². The van der Waals surface area contributed by atoms with E-state index < -0.39 is 11.6 Å². The fourth-order valence-electron chi connectivity index (χ4n) is 1.34. The number of aromatic nitrogens is 1. The lowest BCUT2D eigenvalue weighted by Gasteiger charge is -2.04. The van der Waals surface area contributed by atoms with Crippen LogP contribution >= 0.6 is 27.7 Å². The van der Waals surface area contributed by atoms with Crippen LogP contribution in [0.2, 0.25) is 0 Å². The molecule has 0 bridgehead atoms. The van der Waals surface area contributed by atoms with Crippen LogP contribution < -0.4 is 5.32 Å². The van der Waals surface area contributed by atoms with E-state index in [2.05, 4.69) is 26.2 Å². The molecule has 1 aromatic heterocycles. The zero-order chi connectivity index (χ0) is 14.5. The molecule has 7 heteroatoms. The van der Waals surface area contributed by atoms with Gasteiger partial charge in [0.25, 0.3) is 0 Å². The minimum absolute atomic E-state index is 0.0861. The van der Waals surface area contributed by atoms with Crippen LogP contribution in [-0.4, -0.2) is 16.6 Å². The highest BCUT2D eigenvalue weighted by molar-refractivity contribution is 9.10. The molecule has 2 aromatic rings. The number of nitrogens with zero attached hydrogens (tertiary/aromatic N) is 1. The monoisotopic (exact) mass is 358 g/mol. The Hall–Kier alpha value is -1.47. The van der Waals surface area contributed by atoms with E-state index in [0.717, 1.165) is 28.4 Å². The number of thioether (sulfide) groups is 1. The molecule has 0 spiro atoms. The van der Waals surface area contributed by atoms with Crippen LogP contribution in [-0.2, 0) is 4.79 Å². The Kier molecular flexibility index (Phi) is 5.08. The number of benzene rings is 1. The van der Waals surface area contributed by atoms with Crippen LogP contribution in [0.3, 0.4) is 0 Å². The number of halogens is 3. The summed E-state index contributed by atoms with van der Waals surface area (Å²) < 4.78 is 26.5. The van der Waals surface area contributed by atoms with Crippen molar-refractivity contribution in [2.45, 2.75) is 4.90 Å². The molecule has 0 unspecified atom stereocenters. The lowest BCUT2D eigenvalue weighted by atomic mass is 10.3. The van der Waals surface area contributed by atoms with Gasteiger partial charge in [-0.1, -0.05) is 0 Å². The molecule has 1 aromatic carbocycles. The predicted molar refractivity (Wildman–Crippen MR) is 77.6 cm³/mol. The van der Waals surface area contributed by atoms with Crippen molar-refractivity contribution < 1.29 is 13.6 Å². The van der Waals surface area contributed by atoms with Crippen LogP contribution in [0.4, 0.5) is 14.6 Å². The number of carbonyl (C=O) groups is 1. The van der Waals surface area contributed by atoms with Gasteiger partial charge < -0.3 is 5.32 Å². The first-order valence-electron chi connectivity index (χ1n) is 5.54. The van der Waals surface area contributed by atoms with Crippen molar-refractivity contribution in [3.8, 4) is 0 Å². The second-order valence-corrected chi connectivity index (χ2v) is 5.74. The minimum atomic E-state index is -0.926. The topological polar surface area (TPSA) is 42.0 Å². The molecular formula is C13H9BrF2N2OS. The van der Waals surface area contributed by atoms with Gasteiger partial charge in [-0.2, -0.15) is 0 Å². The number of rotatable bonds is 4. The molecule has 0 saturated heterocycles. The van der Waals surface area contributed by atoms with E-state index in [0.29, 0.717) is 10.7 Å². The number of pyridine rings is 1. The van der Waals surface area contributed by atoms with Crippen molar-refractivity contribution in [3.05, 3.63) is 52.6 Å². The van der Waals surface area contributed by atoms with E-state index in [4.69, 9.17) is 0 Å². The average molecular weight is 359 g/mol. The van der Waals surface area contributed by atoms with Gasteiger partial charge in [-0.05, 0) is 46.3 Å². The molecular weight excluding hydrogens is 350 g/mol. The molecule has 2 rings (SSSR count). The van der Waals surface area contributed by atoms with Crippen molar-refractivity contribution in [3.63, 3.8) is 0 Å². The maximum absolute atomic E-state index is 13.0. The average Bonchev–Trinajstić information content (AvgIpc) is 2.43. The highest BCUT2D eigenvalue weighted by Crippen LogP contribution is 2.20. The highest BCUT2D eigenvalue weighted by Gasteiger charge is 2.07. The summed E-state index contributed by atoms with van der Waals surface area (Å²) in [4.78, 5) is 16.2. The van der Waals surface area contributed by atoms with Gasteiger partial charge in [0, 0.05) is 15.6 Å². The van der Waals surface area contributed by atoms with E-state index in [9.17, 15) is 13.6 Å². The third-order valence-electron chi connectivity index (χ3n) is 2.26. The van der Waals surface area contributed by atoms with Crippen molar-refractivity contribution in [1.82, 2.24) is 4.98 Å². The van der Waals surface area contributed by atoms with Crippen LogP contribution in [0.15, 0.2) is 45.9 Å². The Morgan fingerprint density at radius 1 is 1.25 bits per heavy atom. The van der Waals surface area contributed by atoms with Crippen molar-refractivity contribution in [2.24, 2.45) is 0 Å². The number of anilines is 1. The van der Waals surface area contributed by atoms with E-state index in [1.807, 2.05) is 0 Å². The molecule has 0 fully saturated rings. The number of carbonyl (C=O) groups excluding carboxylic acids is 1. The third kappa shape index (κ3) is 4.28. The largest absolute Gasteiger partial charge is 0.310 e. The van der Waals surface area contributed by atoms with E-state index >= 15 is 0 Å². The van der Waals surface area contributed by atoms with Gasteiger partial charge in [0.15, 0.2) is 11.6 Å². The Morgan fingerprint density at radius 2 is 2.05 bits per heavy atom. The standard InChI is InChI=1S/C13H9BrF2N2OS/c14-8-1-4-12(17-6-8)18-13(19)7-20-9-2-3-10(15)11(16)5-9/h1-6H,7H2,(H,17,18,19). The van der Waals surface area contributed by atoms with E-state index in [1.54, 1.807) is 18.3 Å². The Balaban J connectivity index is 1.88. The molecule has 3 nitrogen and oxygen atoms in total. The molecule has 1 N–H and O–H groups in total. The number of hydrogen-bond acceptors (Lipinski definition) is 3. The Bertz CT molecular complexity index is 622. The second-order valence-electron chi connectivity index (χ2n) is 3.77. The predicted octanol–water partition coefficient (Wildman–Crippen LogP) is 3.85. The van der Waals surface area contributed by atoms with Gasteiger partial charge in [-0.3, -0.25) is 4.79 Å². The molecule has 0 radical (unpaired) electrons. The van der Waals surface area contributed by atoms with Crippen molar-refractivity contribution in [2.75, 3.05) is 11.1 Å². The Morgan fingerprint density at radius 3 is 2.70 bits per heavy atom. The molecule has 1 amide bonds. The van der Waals surface area contributed by atoms with Crippen LogP contribution in [0.25, 0.3) is 0 Å². The van der Waals surface area contributed by atoms with Gasteiger partial charge in [0.2, 0.25) is 5.91 Å². The summed E-state index contributed by atoms with van der Waals surface area (Å²) >= 11 is 4.36. The first kappa shape index (κ1) is 14.9. The first-order chi connectivity index (χ1) is 9.54. The summed E-state index contributed by atoms with van der Waals surface area (Å²) in [6.07, 6.45) is 1.57. The molecule has 20 heavy (non-hydrogen) atoms. The molecule has 0 aliphatic heterocycles. The quantitative estimate of drug-likeness (QED) is 0.844. The van der Waals surface area contributed by atoms with Crippen molar-refractivity contribution in [1.29, 1.82) is 0 Å². The summed E-state index contributed by atoms with van der Waals surface area (Å²) in [6.45, 7) is 0. The smallest absolute Gasteiger partial charge is 0.235 e. The van der Waals surface area contributed by atoms with Gasteiger partial charge in [0.05, 0.1) is 5.75 Å². The van der Waals surface area contributed by atoms with Gasteiger partial charge in [0.1, 0.15) is 5.82 Å². The minimum Gasteiger partial charge on any atom is -0.310 e. The number of nitrogens with one attached hydrogen (secondary N) is 1. The molecule has 0 aliphatic carbocycles. The second kappa shape index (κ2) is 6.81. The van der Waals surface area contributed by atoms with Gasteiger partial charge in [-0.25, -0.2) is 13.8 Å². The third-order valence-corrected chi connectivity index (χ3v) is 3.72. The lowest BCUT2D eigenvalue weighted by Crippen LogP contribution is -2.14. The normalized spacial score (nSPS) is 10.3. The molecule has 0 atom stereocenters. The fraction of sp³-hybridized carbons (Fsp3) is 0.0769. The van der Waals surface area contributed by atoms with Crippen LogP contribution in [0.1, 0.15) is 0 Å². The number of hydrogen-bond donors (Lipinski definition) is 1. The van der Waals surface area contributed by atoms with Crippen molar-refractivity contribution >= 4 is 39.4 Å². The first-order valence-corrected chi connectivity index (χ1v) is 7.32. The SMILES string of the molecule is O=C(CSc1ccc(F)c(F)c1)Nc1ccc(Br)cn1. The molecule has 1 heterocycles. The van der Waals surface area contributed by atoms with Gasteiger partial charge >= 0.3 is 0 Å². The van der Waals surface area contributed by atoms with E-state index in [1.165, 1.54) is 6.07 Å². The van der Waals surface area contributed by atoms with Crippen LogP contribution in [0, 0.1) is 11.6 Å². The summed E-state index contributed by atoms with van der Waals surface area (Å²) in [5.74, 6) is -1.58. The summed E-state index contributed by atoms with van der Waals surface area (Å²) in [7, 11) is 0.